The van der Waals surface area contributed by atoms with Gasteiger partial charge in [0.05, 0.1) is 12.5 Å². The minimum absolute atomic E-state index is 0.0348. The molecule has 2 atom stereocenters. The Kier molecular flexibility index (Phi) is 4.97. The molecule has 1 saturated heterocycles. The number of hydrogen-bond donors (Lipinski definition) is 0. The van der Waals surface area contributed by atoms with Crippen molar-refractivity contribution in [2.45, 2.75) is 32.7 Å². The highest BCUT2D eigenvalue weighted by Gasteiger charge is 2.29. The van der Waals surface area contributed by atoms with Gasteiger partial charge in [-0.1, -0.05) is 30.3 Å². The highest BCUT2D eigenvalue weighted by atomic mass is 16.5. The molecule has 1 aliphatic rings. The van der Waals surface area contributed by atoms with E-state index in [1.54, 1.807) is 0 Å². The summed E-state index contributed by atoms with van der Waals surface area (Å²) >= 11 is 0. The van der Waals surface area contributed by atoms with Crippen LogP contribution in [0.15, 0.2) is 30.3 Å². The number of carbonyl (C=O) groups excluding carboxylic acids is 1. The molecule has 3 nitrogen and oxygen atoms in total. The van der Waals surface area contributed by atoms with Crippen LogP contribution in [0.25, 0.3) is 0 Å². The van der Waals surface area contributed by atoms with E-state index in [1.165, 1.54) is 5.56 Å². The number of hydrogen-bond acceptors (Lipinski definition) is 3. The summed E-state index contributed by atoms with van der Waals surface area (Å²) in [5.74, 6) is 0.00678. The zero-order valence-electron chi connectivity index (χ0n) is 11.8. The molecule has 0 radical (unpaired) electrons. The molecule has 0 saturated carbocycles. The van der Waals surface area contributed by atoms with Crippen LogP contribution in [0.4, 0.5) is 0 Å². The summed E-state index contributed by atoms with van der Waals surface area (Å²) in [7, 11) is 0. The Morgan fingerprint density at radius 1 is 1.42 bits per heavy atom. The molecule has 1 heterocycles. The van der Waals surface area contributed by atoms with E-state index in [9.17, 15) is 4.79 Å². The van der Waals surface area contributed by atoms with Gasteiger partial charge in [0.15, 0.2) is 0 Å². The minimum atomic E-state index is -0.0348. The zero-order valence-corrected chi connectivity index (χ0v) is 11.8. The molecule has 0 amide bonds. The third kappa shape index (κ3) is 3.57. The second kappa shape index (κ2) is 6.71. The average Bonchev–Trinajstić information content (AvgIpc) is 2.48. The van der Waals surface area contributed by atoms with Crippen molar-refractivity contribution >= 4 is 5.97 Å². The Morgan fingerprint density at radius 2 is 2.16 bits per heavy atom. The topological polar surface area (TPSA) is 29.5 Å². The van der Waals surface area contributed by atoms with Crippen LogP contribution in [-0.2, 0) is 9.53 Å². The summed E-state index contributed by atoms with van der Waals surface area (Å²) in [6, 6.07) is 10.8. The predicted molar refractivity (Wildman–Crippen MR) is 75.8 cm³/mol. The van der Waals surface area contributed by atoms with Crippen molar-refractivity contribution in [3.63, 3.8) is 0 Å². The lowest BCUT2D eigenvalue weighted by Gasteiger charge is -2.36. The molecule has 3 heteroatoms. The second-order valence-electron chi connectivity index (χ2n) is 5.17. The van der Waals surface area contributed by atoms with Crippen LogP contribution in [0.5, 0.6) is 0 Å². The molecule has 0 spiro atoms. The number of ether oxygens (including phenoxy) is 1. The number of carbonyl (C=O) groups is 1. The molecular formula is C16H23NO2. The Hall–Kier alpha value is -1.35. The third-order valence-corrected chi connectivity index (χ3v) is 3.90. The number of benzene rings is 1. The van der Waals surface area contributed by atoms with Crippen LogP contribution in [0, 0.1) is 5.92 Å². The summed E-state index contributed by atoms with van der Waals surface area (Å²) in [5, 5.41) is 0. The molecule has 1 aromatic rings. The van der Waals surface area contributed by atoms with Gasteiger partial charge in [-0.05, 0) is 38.8 Å². The molecule has 19 heavy (non-hydrogen) atoms. The first-order valence-electron chi connectivity index (χ1n) is 7.18. The van der Waals surface area contributed by atoms with Crippen molar-refractivity contribution in [3.8, 4) is 0 Å². The molecule has 104 valence electrons. The van der Waals surface area contributed by atoms with E-state index in [0.29, 0.717) is 12.6 Å². The summed E-state index contributed by atoms with van der Waals surface area (Å²) in [6.07, 6.45) is 2.03. The highest BCUT2D eigenvalue weighted by molar-refractivity contribution is 5.72. The summed E-state index contributed by atoms with van der Waals surface area (Å²) in [4.78, 5) is 14.2. The van der Waals surface area contributed by atoms with Gasteiger partial charge in [-0.3, -0.25) is 9.69 Å². The predicted octanol–water partition coefficient (Wildman–Crippen LogP) is 3.02. The van der Waals surface area contributed by atoms with Crippen LogP contribution >= 0.6 is 0 Å². The smallest absolute Gasteiger partial charge is 0.310 e. The summed E-state index contributed by atoms with van der Waals surface area (Å²) < 4.78 is 5.15. The third-order valence-electron chi connectivity index (χ3n) is 3.90. The number of nitrogens with zero attached hydrogens (tertiary/aromatic N) is 1. The first-order valence-corrected chi connectivity index (χ1v) is 7.18. The van der Waals surface area contributed by atoms with Crippen molar-refractivity contribution in [1.29, 1.82) is 0 Å². The lowest BCUT2D eigenvalue weighted by Crippen LogP contribution is -2.40. The van der Waals surface area contributed by atoms with E-state index in [2.05, 4.69) is 36.1 Å². The molecule has 0 aliphatic carbocycles. The van der Waals surface area contributed by atoms with Crippen LogP contribution in [0.2, 0.25) is 0 Å². The van der Waals surface area contributed by atoms with Crippen molar-refractivity contribution in [1.82, 2.24) is 4.90 Å². The van der Waals surface area contributed by atoms with E-state index >= 15 is 0 Å². The fourth-order valence-corrected chi connectivity index (χ4v) is 2.75. The van der Waals surface area contributed by atoms with Gasteiger partial charge >= 0.3 is 5.97 Å². The Bertz CT molecular complexity index is 404. The van der Waals surface area contributed by atoms with E-state index < -0.39 is 0 Å². The van der Waals surface area contributed by atoms with Gasteiger partial charge in [0.2, 0.25) is 0 Å². The highest BCUT2D eigenvalue weighted by Crippen LogP contribution is 2.26. The Balaban J connectivity index is 1.99. The first-order chi connectivity index (χ1) is 9.22. The van der Waals surface area contributed by atoms with Gasteiger partial charge in [0.1, 0.15) is 0 Å². The standard InChI is InChI=1S/C16H23NO2/c1-3-19-16(18)15-10-7-11-17(12-15)13(2)14-8-5-4-6-9-14/h4-6,8-9,13,15H,3,7,10-12H2,1-2H3/t13?,15-/m0/s1. The molecule has 0 N–H and O–H groups in total. The zero-order chi connectivity index (χ0) is 13.7. The van der Waals surface area contributed by atoms with Gasteiger partial charge in [0, 0.05) is 12.6 Å². The van der Waals surface area contributed by atoms with Gasteiger partial charge in [-0.25, -0.2) is 0 Å². The maximum absolute atomic E-state index is 11.9. The molecular weight excluding hydrogens is 238 g/mol. The maximum atomic E-state index is 11.9. The molecule has 1 aromatic carbocycles. The number of likely N-dealkylation sites (tertiary alicyclic amines) is 1. The molecule has 2 rings (SSSR count). The Morgan fingerprint density at radius 3 is 2.84 bits per heavy atom. The number of esters is 1. The minimum Gasteiger partial charge on any atom is -0.466 e. The van der Waals surface area contributed by atoms with E-state index in [4.69, 9.17) is 4.74 Å². The van der Waals surface area contributed by atoms with Gasteiger partial charge in [-0.15, -0.1) is 0 Å². The monoisotopic (exact) mass is 261 g/mol. The lowest BCUT2D eigenvalue weighted by atomic mass is 9.95. The van der Waals surface area contributed by atoms with Crippen molar-refractivity contribution < 1.29 is 9.53 Å². The lowest BCUT2D eigenvalue weighted by molar-refractivity contribution is -0.150. The summed E-state index contributed by atoms with van der Waals surface area (Å²) in [5.41, 5.74) is 1.31. The van der Waals surface area contributed by atoms with Crippen LogP contribution in [-0.4, -0.2) is 30.6 Å². The second-order valence-corrected chi connectivity index (χ2v) is 5.17. The molecule has 1 unspecified atom stereocenters. The molecule has 1 aliphatic heterocycles. The number of rotatable bonds is 4. The normalized spacial score (nSPS) is 21.9. The van der Waals surface area contributed by atoms with Crippen molar-refractivity contribution in [2.75, 3.05) is 19.7 Å². The van der Waals surface area contributed by atoms with Crippen LogP contribution in [0.1, 0.15) is 38.3 Å². The van der Waals surface area contributed by atoms with Crippen molar-refractivity contribution in [3.05, 3.63) is 35.9 Å². The van der Waals surface area contributed by atoms with Gasteiger partial charge in [0.25, 0.3) is 0 Å². The van der Waals surface area contributed by atoms with E-state index in [1.807, 2.05) is 13.0 Å². The fraction of sp³-hybridized carbons (Fsp3) is 0.562. The molecule has 0 bridgehead atoms. The average molecular weight is 261 g/mol. The van der Waals surface area contributed by atoms with Gasteiger partial charge in [-0.2, -0.15) is 0 Å². The van der Waals surface area contributed by atoms with Crippen LogP contribution < -0.4 is 0 Å². The van der Waals surface area contributed by atoms with Crippen molar-refractivity contribution in [2.24, 2.45) is 5.92 Å². The maximum Gasteiger partial charge on any atom is 0.310 e. The van der Waals surface area contributed by atoms with Crippen LogP contribution in [0.3, 0.4) is 0 Å². The fourth-order valence-electron chi connectivity index (χ4n) is 2.75. The largest absolute Gasteiger partial charge is 0.466 e. The molecule has 0 aromatic heterocycles. The van der Waals surface area contributed by atoms with E-state index in [0.717, 1.165) is 25.9 Å². The SMILES string of the molecule is CCOC(=O)[C@H]1CCCN(C(C)c2ccccc2)C1. The Labute approximate surface area is 115 Å². The summed E-state index contributed by atoms with van der Waals surface area (Å²) in [6.45, 7) is 6.43. The number of piperidine rings is 1. The van der Waals surface area contributed by atoms with E-state index in [-0.39, 0.29) is 11.9 Å². The quantitative estimate of drug-likeness (QED) is 0.780. The molecule has 1 fully saturated rings. The van der Waals surface area contributed by atoms with Gasteiger partial charge < -0.3 is 4.74 Å². The first kappa shape index (κ1) is 14.1.